The molecule has 0 saturated carbocycles. The van der Waals surface area contributed by atoms with Gasteiger partial charge >= 0.3 is 0 Å². The van der Waals surface area contributed by atoms with Gasteiger partial charge in [0.15, 0.2) is 0 Å². The number of rotatable bonds is 2. The van der Waals surface area contributed by atoms with Crippen molar-refractivity contribution in [1.82, 2.24) is 0 Å². The zero-order chi connectivity index (χ0) is 22.9. The quantitative estimate of drug-likeness (QED) is 0.449. The van der Waals surface area contributed by atoms with Crippen LogP contribution in [0.15, 0.2) is 78.9 Å². The summed E-state index contributed by atoms with van der Waals surface area (Å²) in [6.45, 7) is 0. The predicted molar refractivity (Wildman–Crippen MR) is 114 cm³/mol. The SMILES string of the molecule is O=C1[C@@H]2[C@@H](C(=O)N1c1ccc(F)cc1)C1(O[C@H]2c2ccccc2)C(=O)c2ccccc2C1=O. The molecule has 2 heterocycles. The average molecular weight is 441 g/mol. The third-order valence-corrected chi connectivity index (χ3v) is 6.73. The number of benzene rings is 3. The Bertz CT molecular complexity index is 1320. The van der Waals surface area contributed by atoms with Crippen molar-refractivity contribution in [3.63, 3.8) is 0 Å². The first kappa shape index (κ1) is 19.7. The molecule has 7 heteroatoms. The van der Waals surface area contributed by atoms with Crippen molar-refractivity contribution in [2.45, 2.75) is 11.7 Å². The number of nitrogens with zero attached hydrogens (tertiary/aromatic N) is 1. The minimum atomic E-state index is -2.11. The predicted octanol–water partition coefficient (Wildman–Crippen LogP) is 3.52. The first-order valence-electron chi connectivity index (χ1n) is 10.5. The third-order valence-electron chi connectivity index (χ3n) is 6.73. The van der Waals surface area contributed by atoms with Crippen LogP contribution in [0.5, 0.6) is 0 Å². The van der Waals surface area contributed by atoms with Crippen molar-refractivity contribution < 1.29 is 28.3 Å². The highest BCUT2D eigenvalue weighted by atomic mass is 19.1. The van der Waals surface area contributed by atoms with E-state index in [-0.39, 0.29) is 16.8 Å². The van der Waals surface area contributed by atoms with Gasteiger partial charge in [-0.1, -0.05) is 54.6 Å². The van der Waals surface area contributed by atoms with Crippen LogP contribution < -0.4 is 4.90 Å². The number of amides is 2. The molecule has 6 rings (SSSR count). The maximum Gasteiger partial charge on any atom is 0.241 e. The summed E-state index contributed by atoms with van der Waals surface area (Å²) in [7, 11) is 0. The lowest BCUT2D eigenvalue weighted by molar-refractivity contribution is -0.127. The molecular weight excluding hydrogens is 425 g/mol. The van der Waals surface area contributed by atoms with Gasteiger partial charge in [0.05, 0.1) is 23.6 Å². The third kappa shape index (κ3) is 2.45. The first-order valence-corrected chi connectivity index (χ1v) is 10.5. The number of anilines is 1. The van der Waals surface area contributed by atoms with E-state index in [4.69, 9.17) is 4.74 Å². The van der Waals surface area contributed by atoms with Crippen LogP contribution in [-0.2, 0) is 14.3 Å². The normalized spacial score (nSPS) is 25.1. The fourth-order valence-electron chi connectivity index (χ4n) is 5.31. The summed E-state index contributed by atoms with van der Waals surface area (Å²) in [4.78, 5) is 55.5. The van der Waals surface area contributed by atoms with Crippen molar-refractivity contribution in [3.05, 3.63) is 101 Å². The average Bonchev–Trinajstić information content (AvgIpc) is 3.41. The Morgan fingerprint density at radius 2 is 1.30 bits per heavy atom. The fraction of sp³-hybridized carbons (Fsp3) is 0.154. The molecule has 3 atom stereocenters. The molecular formula is C26H16FNO5. The lowest BCUT2D eigenvalue weighted by Gasteiger charge is -2.27. The highest BCUT2D eigenvalue weighted by molar-refractivity contribution is 6.37. The Labute approximate surface area is 187 Å². The maximum atomic E-state index is 13.7. The van der Waals surface area contributed by atoms with Crippen molar-refractivity contribution >= 4 is 29.1 Å². The maximum absolute atomic E-state index is 13.7. The molecule has 6 nitrogen and oxygen atoms in total. The number of carbonyl (C=O) groups excluding carboxylic acids is 4. The Morgan fingerprint density at radius 3 is 1.91 bits per heavy atom. The summed E-state index contributed by atoms with van der Waals surface area (Å²) < 4.78 is 19.7. The Balaban J connectivity index is 1.55. The van der Waals surface area contributed by atoms with Crippen molar-refractivity contribution in [1.29, 1.82) is 0 Å². The van der Waals surface area contributed by atoms with Gasteiger partial charge in [0.2, 0.25) is 29.0 Å². The molecule has 0 unspecified atom stereocenters. The number of Topliss-reactive ketones (excluding diaryl/α,β-unsaturated/α-hetero) is 2. The Kier molecular flexibility index (Phi) is 4.04. The molecule has 2 saturated heterocycles. The van der Waals surface area contributed by atoms with E-state index >= 15 is 0 Å². The fourth-order valence-corrected chi connectivity index (χ4v) is 5.31. The number of hydrogen-bond donors (Lipinski definition) is 0. The molecule has 2 fully saturated rings. The number of ketones is 2. The molecule has 3 aliphatic rings. The number of ether oxygens (including phenoxy) is 1. The molecule has 2 aliphatic heterocycles. The lowest BCUT2D eigenvalue weighted by atomic mass is 9.77. The molecule has 0 N–H and O–H groups in total. The molecule has 2 amide bonds. The van der Waals surface area contributed by atoms with Crippen LogP contribution in [0.4, 0.5) is 10.1 Å². The van der Waals surface area contributed by atoms with Crippen LogP contribution in [0.25, 0.3) is 0 Å². The number of imide groups is 1. The van der Waals surface area contributed by atoms with E-state index < -0.39 is 52.7 Å². The van der Waals surface area contributed by atoms with Gasteiger partial charge in [0.1, 0.15) is 5.82 Å². The highest BCUT2D eigenvalue weighted by Crippen LogP contribution is 2.57. The second kappa shape index (κ2) is 6.76. The molecule has 1 aliphatic carbocycles. The van der Waals surface area contributed by atoms with Gasteiger partial charge in [0.25, 0.3) is 0 Å². The van der Waals surface area contributed by atoms with Crippen LogP contribution in [-0.4, -0.2) is 29.0 Å². The highest BCUT2D eigenvalue weighted by Gasteiger charge is 2.74. The van der Waals surface area contributed by atoms with E-state index in [1.54, 1.807) is 42.5 Å². The standard InChI is InChI=1S/C26H16FNO5/c27-15-10-12-16(13-11-15)28-24(31)19-20(25(28)32)26(33-21(19)14-6-2-1-3-7-14)22(29)17-8-4-5-9-18(17)23(26)30/h1-13,19-21H/t19-,20+,21+/m1/s1. The van der Waals surface area contributed by atoms with Gasteiger partial charge in [-0.15, -0.1) is 0 Å². The van der Waals surface area contributed by atoms with Gasteiger partial charge in [0, 0.05) is 11.1 Å². The molecule has 0 aromatic heterocycles. The largest absolute Gasteiger partial charge is 0.349 e. The summed E-state index contributed by atoms with van der Waals surface area (Å²) in [6.07, 6.45) is -0.972. The smallest absolute Gasteiger partial charge is 0.241 e. The monoisotopic (exact) mass is 441 g/mol. The molecule has 0 bridgehead atoms. The number of halogens is 1. The second-order valence-electron chi connectivity index (χ2n) is 8.38. The van der Waals surface area contributed by atoms with Gasteiger partial charge in [-0.05, 0) is 29.8 Å². The zero-order valence-electron chi connectivity index (χ0n) is 17.1. The molecule has 1 spiro atoms. The Morgan fingerprint density at radius 1 is 0.727 bits per heavy atom. The van der Waals surface area contributed by atoms with Crippen molar-refractivity contribution in [2.24, 2.45) is 11.8 Å². The molecule has 0 radical (unpaired) electrons. The molecule has 3 aromatic rings. The van der Waals surface area contributed by atoms with Crippen molar-refractivity contribution in [2.75, 3.05) is 4.90 Å². The summed E-state index contributed by atoms with van der Waals surface area (Å²) in [6, 6.07) is 20.0. The molecule has 162 valence electrons. The zero-order valence-corrected chi connectivity index (χ0v) is 17.1. The van der Waals surface area contributed by atoms with Crippen LogP contribution >= 0.6 is 0 Å². The molecule has 33 heavy (non-hydrogen) atoms. The number of hydrogen-bond acceptors (Lipinski definition) is 5. The summed E-state index contributed by atoms with van der Waals surface area (Å²) in [5.74, 6) is -5.43. The number of carbonyl (C=O) groups is 4. The van der Waals surface area contributed by atoms with Gasteiger partial charge < -0.3 is 4.74 Å². The van der Waals surface area contributed by atoms with Gasteiger partial charge in [-0.2, -0.15) is 0 Å². The minimum absolute atomic E-state index is 0.176. The summed E-state index contributed by atoms with van der Waals surface area (Å²) >= 11 is 0. The minimum Gasteiger partial charge on any atom is -0.349 e. The van der Waals surface area contributed by atoms with E-state index in [9.17, 15) is 23.6 Å². The van der Waals surface area contributed by atoms with Crippen LogP contribution in [0.1, 0.15) is 32.4 Å². The van der Waals surface area contributed by atoms with Crippen LogP contribution in [0.2, 0.25) is 0 Å². The lowest BCUT2D eigenvalue weighted by Crippen LogP contribution is -2.51. The topological polar surface area (TPSA) is 80.8 Å². The van der Waals surface area contributed by atoms with E-state index in [1.807, 2.05) is 0 Å². The van der Waals surface area contributed by atoms with E-state index in [1.165, 1.54) is 24.3 Å². The van der Waals surface area contributed by atoms with Crippen LogP contribution in [0.3, 0.4) is 0 Å². The number of fused-ring (bicyclic) bond motifs is 3. The Hall–Kier alpha value is -3.97. The van der Waals surface area contributed by atoms with E-state index in [0.29, 0.717) is 5.56 Å². The first-order chi connectivity index (χ1) is 15.9. The summed E-state index contributed by atoms with van der Waals surface area (Å²) in [5.41, 5.74) is -0.997. The van der Waals surface area contributed by atoms with Gasteiger partial charge in [-0.3, -0.25) is 19.2 Å². The van der Waals surface area contributed by atoms with Crippen molar-refractivity contribution in [3.8, 4) is 0 Å². The second-order valence-corrected chi connectivity index (χ2v) is 8.38. The van der Waals surface area contributed by atoms with Gasteiger partial charge in [-0.25, -0.2) is 9.29 Å². The van der Waals surface area contributed by atoms with E-state index in [2.05, 4.69) is 0 Å². The van der Waals surface area contributed by atoms with E-state index in [0.717, 1.165) is 17.0 Å². The molecule has 3 aromatic carbocycles. The summed E-state index contributed by atoms with van der Waals surface area (Å²) in [5, 5.41) is 0. The van der Waals surface area contributed by atoms with Crippen LogP contribution in [0, 0.1) is 17.7 Å².